The van der Waals surface area contributed by atoms with Gasteiger partial charge in [0.25, 0.3) is 5.78 Å². The maximum atomic E-state index is 13.1. The van der Waals surface area contributed by atoms with Gasteiger partial charge in [-0.25, -0.2) is 0 Å². The van der Waals surface area contributed by atoms with E-state index in [1.54, 1.807) is 6.92 Å². The fourth-order valence-corrected chi connectivity index (χ4v) is 3.61. The van der Waals surface area contributed by atoms with Crippen LogP contribution in [0.2, 0.25) is 0 Å². The van der Waals surface area contributed by atoms with Gasteiger partial charge in [0, 0.05) is 36.0 Å². The van der Waals surface area contributed by atoms with Gasteiger partial charge in [-0.3, -0.25) is 4.40 Å². The van der Waals surface area contributed by atoms with Crippen molar-refractivity contribution in [2.75, 3.05) is 11.1 Å². The highest BCUT2D eigenvalue weighted by Gasteiger charge is 2.32. The van der Waals surface area contributed by atoms with Gasteiger partial charge < -0.3 is 16.4 Å². The third-order valence-corrected chi connectivity index (χ3v) is 5.06. The standard InChI is InChI=1S/C19H22F3N7/c1-9(2)17-27-28-18-26-16(14-7-24-8-15(14)29(17)18)25-10(3)11-4-12(19(20,21)22)6-13(23)5-11/h4-6,9-10,24H,7-8,23H2,1-3H3,(H,25,26,28). The van der Waals surface area contributed by atoms with Gasteiger partial charge in [0.2, 0.25) is 0 Å². The average Bonchev–Trinajstić information content (AvgIpc) is 3.26. The molecule has 0 fully saturated rings. The summed E-state index contributed by atoms with van der Waals surface area (Å²) in [5.41, 5.74) is 7.42. The van der Waals surface area contributed by atoms with Crippen molar-refractivity contribution < 1.29 is 13.2 Å². The molecule has 1 aromatic carbocycles. The Morgan fingerprint density at radius 1 is 1.14 bits per heavy atom. The van der Waals surface area contributed by atoms with E-state index in [9.17, 15) is 13.2 Å². The smallest absolute Gasteiger partial charge is 0.399 e. The quantitative estimate of drug-likeness (QED) is 0.574. The summed E-state index contributed by atoms with van der Waals surface area (Å²) in [6.45, 7) is 7.10. The molecule has 0 bridgehead atoms. The van der Waals surface area contributed by atoms with Gasteiger partial charge in [0.15, 0.2) is 0 Å². The van der Waals surface area contributed by atoms with E-state index < -0.39 is 17.8 Å². The molecular formula is C19H22F3N7. The van der Waals surface area contributed by atoms with Gasteiger partial charge in [-0.2, -0.15) is 18.2 Å². The van der Waals surface area contributed by atoms with Crippen molar-refractivity contribution >= 4 is 17.3 Å². The summed E-state index contributed by atoms with van der Waals surface area (Å²) in [4.78, 5) is 4.59. The molecule has 7 nitrogen and oxygen atoms in total. The number of aromatic nitrogens is 4. The second kappa shape index (κ2) is 6.87. The van der Waals surface area contributed by atoms with Crippen LogP contribution in [0.15, 0.2) is 18.2 Å². The fraction of sp³-hybridized carbons (Fsp3) is 0.421. The number of nitrogen functional groups attached to an aromatic ring is 1. The molecule has 0 radical (unpaired) electrons. The van der Waals surface area contributed by atoms with Crippen LogP contribution in [0.4, 0.5) is 24.7 Å². The normalized spacial score (nSPS) is 15.1. The number of hydrogen-bond acceptors (Lipinski definition) is 6. The number of nitrogens with two attached hydrogens (primary N) is 1. The molecule has 4 N–H and O–H groups in total. The van der Waals surface area contributed by atoms with Crippen LogP contribution in [0.5, 0.6) is 0 Å². The van der Waals surface area contributed by atoms with Crippen LogP contribution in [0.1, 0.15) is 60.9 Å². The van der Waals surface area contributed by atoms with E-state index in [4.69, 9.17) is 5.73 Å². The molecule has 1 aliphatic rings. The lowest BCUT2D eigenvalue weighted by molar-refractivity contribution is -0.137. The Labute approximate surface area is 165 Å². The number of fused-ring (bicyclic) bond motifs is 3. The van der Waals surface area contributed by atoms with E-state index in [-0.39, 0.29) is 11.6 Å². The number of hydrogen-bond donors (Lipinski definition) is 3. The second-order valence-corrected chi connectivity index (χ2v) is 7.59. The Morgan fingerprint density at radius 2 is 1.90 bits per heavy atom. The summed E-state index contributed by atoms with van der Waals surface area (Å²) < 4.78 is 41.4. The van der Waals surface area contributed by atoms with Crippen molar-refractivity contribution in [3.8, 4) is 0 Å². The first-order valence-corrected chi connectivity index (χ1v) is 9.37. The van der Waals surface area contributed by atoms with Crippen molar-refractivity contribution in [2.24, 2.45) is 0 Å². The topological polar surface area (TPSA) is 93.2 Å². The molecule has 1 unspecified atom stereocenters. The Morgan fingerprint density at radius 3 is 2.59 bits per heavy atom. The van der Waals surface area contributed by atoms with Gasteiger partial charge >= 0.3 is 6.18 Å². The third-order valence-electron chi connectivity index (χ3n) is 5.06. The number of nitrogens with zero attached hydrogens (tertiary/aromatic N) is 4. The Bertz CT molecular complexity index is 1070. The number of benzene rings is 1. The van der Waals surface area contributed by atoms with Gasteiger partial charge in [-0.15, -0.1) is 10.2 Å². The monoisotopic (exact) mass is 405 g/mol. The van der Waals surface area contributed by atoms with Gasteiger partial charge in [0.05, 0.1) is 11.6 Å². The van der Waals surface area contributed by atoms with Crippen LogP contribution in [-0.4, -0.2) is 19.6 Å². The number of nitrogens with one attached hydrogen (secondary N) is 2. The lowest BCUT2D eigenvalue weighted by Gasteiger charge is -2.20. The molecular weight excluding hydrogens is 383 g/mol. The zero-order chi connectivity index (χ0) is 20.9. The maximum Gasteiger partial charge on any atom is 0.416 e. The molecule has 0 aliphatic carbocycles. The predicted octanol–water partition coefficient (Wildman–Crippen LogP) is 3.63. The lowest BCUT2D eigenvalue weighted by Crippen LogP contribution is -2.14. The van der Waals surface area contributed by atoms with E-state index in [2.05, 4.69) is 25.8 Å². The zero-order valence-corrected chi connectivity index (χ0v) is 16.3. The number of halogens is 3. The summed E-state index contributed by atoms with van der Waals surface area (Å²) in [5, 5.41) is 15.0. The largest absolute Gasteiger partial charge is 0.416 e. The molecule has 2 aromatic heterocycles. The minimum absolute atomic E-state index is 0.0674. The minimum Gasteiger partial charge on any atom is -0.399 e. The molecule has 29 heavy (non-hydrogen) atoms. The summed E-state index contributed by atoms with van der Waals surface area (Å²) in [6.07, 6.45) is -4.46. The molecule has 0 amide bonds. The Kier molecular flexibility index (Phi) is 4.60. The molecule has 1 aliphatic heterocycles. The summed E-state index contributed by atoms with van der Waals surface area (Å²) >= 11 is 0. The first-order valence-electron chi connectivity index (χ1n) is 9.37. The van der Waals surface area contributed by atoms with Crippen molar-refractivity contribution in [3.05, 3.63) is 46.4 Å². The molecule has 10 heteroatoms. The second-order valence-electron chi connectivity index (χ2n) is 7.59. The van der Waals surface area contributed by atoms with Crippen molar-refractivity contribution in [1.82, 2.24) is 24.9 Å². The number of anilines is 2. The highest BCUT2D eigenvalue weighted by atomic mass is 19.4. The van der Waals surface area contributed by atoms with Crippen molar-refractivity contribution in [3.63, 3.8) is 0 Å². The third kappa shape index (κ3) is 3.48. The highest BCUT2D eigenvalue weighted by Crippen LogP contribution is 2.34. The zero-order valence-electron chi connectivity index (χ0n) is 16.3. The summed E-state index contributed by atoms with van der Waals surface area (Å²) in [5.74, 6) is 2.07. The fourth-order valence-electron chi connectivity index (χ4n) is 3.61. The van der Waals surface area contributed by atoms with Crippen LogP contribution >= 0.6 is 0 Å². The van der Waals surface area contributed by atoms with Gasteiger partial charge in [-0.05, 0) is 30.7 Å². The Hall–Kier alpha value is -2.88. The first kappa shape index (κ1) is 19.4. The molecule has 1 atom stereocenters. The summed E-state index contributed by atoms with van der Waals surface area (Å²) in [6, 6.07) is 3.15. The molecule has 3 aromatic rings. The molecule has 4 rings (SSSR count). The summed E-state index contributed by atoms with van der Waals surface area (Å²) in [7, 11) is 0. The van der Waals surface area contributed by atoms with Crippen LogP contribution in [0.25, 0.3) is 5.78 Å². The molecule has 154 valence electrons. The lowest BCUT2D eigenvalue weighted by atomic mass is 10.0. The molecule has 0 saturated heterocycles. The van der Waals surface area contributed by atoms with Crippen LogP contribution < -0.4 is 16.4 Å². The van der Waals surface area contributed by atoms with Crippen LogP contribution in [0.3, 0.4) is 0 Å². The van der Waals surface area contributed by atoms with Crippen molar-refractivity contribution in [2.45, 2.75) is 52.0 Å². The predicted molar refractivity (Wildman–Crippen MR) is 103 cm³/mol. The molecule has 0 saturated carbocycles. The molecule has 0 spiro atoms. The number of rotatable bonds is 4. The van der Waals surface area contributed by atoms with E-state index in [1.807, 2.05) is 18.2 Å². The van der Waals surface area contributed by atoms with E-state index in [1.165, 1.54) is 6.07 Å². The Balaban J connectivity index is 1.73. The average molecular weight is 405 g/mol. The highest BCUT2D eigenvalue weighted by molar-refractivity contribution is 5.56. The van der Waals surface area contributed by atoms with E-state index in [0.717, 1.165) is 29.2 Å². The SMILES string of the molecule is CC(C)c1nnc2nc(NC(C)c3cc(N)cc(C(F)(F)F)c3)c3c(n12)CNC3. The van der Waals surface area contributed by atoms with E-state index >= 15 is 0 Å². The molecule has 3 heterocycles. The van der Waals surface area contributed by atoms with Gasteiger partial charge in [-0.1, -0.05) is 13.8 Å². The van der Waals surface area contributed by atoms with Crippen molar-refractivity contribution in [1.29, 1.82) is 0 Å². The first-order chi connectivity index (χ1) is 13.6. The number of alkyl halides is 3. The van der Waals surface area contributed by atoms with Gasteiger partial charge in [0.1, 0.15) is 11.6 Å². The van der Waals surface area contributed by atoms with Crippen LogP contribution in [0, 0.1) is 0 Å². The van der Waals surface area contributed by atoms with E-state index in [0.29, 0.717) is 30.2 Å². The van der Waals surface area contributed by atoms with Crippen LogP contribution in [-0.2, 0) is 19.3 Å². The maximum absolute atomic E-state index is 13.1. The minimum atomic E-state index is -4.46.